The normalized spacial score (nSPS) is 14.0. The van der Waals surface area contributed by atoms with Crippen LogP contribution in [0.3, 0.4) is 0 Å². The molecule has 6 nitrogen and oxygen atoms in total. The molecular weight excluding hydrogens is 459 g/mol. The summed E-state index contributed by atoms with van der Waals surface area (Å²) in [5.41, 5.74) is 5.12. The van der Waals surface area contributed by atoms with Gasteiger partial charge in [0, 0.05) is 53.0 Å². The second kappa shape index (κ2) is 9.57. The number of hydrogen-bond acceptors (Lipinski definition) is 3. The first-order chi connectivity index (χ1) is 15.7. The van der Waals surface area contributed by atoms with E-state index in [-0.39, 0.29) is 18.2 Å². The zero-order valence-electron chi connectivity index (χ0n) is 18.9. The fourth-order valence-electron chi connectivity index (χ4n) is 4.12. The molecule has 33 heavy (non-hydrogen) atoms. The molecule has 0 bridgehead atoms. The Bertz CT molecular complexity index is 1210. The van der Waals surface area contributed by atoms with E-state index in [2.05, 4.69) is 5.10 Å². The molecule has 1 aliphatic rings. The maximum atomic E-state index is 13.1. The summed E-state index contributed by atoms with van der Waals surface area (Å²) in [7, 11) is 0. The minimum Gasteiger partial charge on any atom is -0.339 e. The van der Waals surface area contributed by atoms with Crippen molar-refractivity contribution in [3.05, 3.63) is 80.6 Å². The highest BCUT2D eigenvalue weighted by molar-refractivity contribution is 6.31. The van der Waals surface area contributed by atoms with Gasteiger partial charge in [0.2, 0.25) is 5.91 Å². The lowest BCUT2D eigenvalue weighted by molar-refractivity contribution is -0.131. The highest BCUT2D eigenvalue weighted by Crippen LogP contribution is 2.24. The van der Waals surface area contributed by atoms with Crippen molar-refractivity contribution in [2.75, 3.05) is 26.2 Å². The summed E-state index contributed by atoms with van der Waals surface area (Å²) in [5, 5.41) is 5.87. The SMILES string of the molecule is Cc1ccc(-n2nc(C)c(CC(=O)N3CCN(C(=O)c4cccc(Cl)c4)CC3)c2C)cc1Cl. The van der Waals surface area contributed by atoms with E-state index in [4.69, 9.17) is 23.2 Å². The van der Waals surface area contributed by atoms with E-state index in [1.54, 1.807) is 29.2 Å². The van der Waals surface area contributed by atoms with E-state index < -0.39 is 0 Å². The van der Waals surface area contributed by atoms with Gasteiger partial charge in [-0.3, -0.25) is 9.59 Å². The highest BCUT2D eigenvalue weighted by Gasteiger charge is 2.26. The molecule has 0 radical (unpaired) electrons. The van der Waals surface area contributed by atoms with Crippen molar-refractivity contribution in [3.8, 4) is 5.69 Å². The quantitative estimate of drug-likeness (QED) is 0.542. The lowest BCUT2D eigenvalue weighted by atomic mass is 10.1. The fourth-order valence-corrected chi connectivity index (χ4v) is 4.49. The molecule has 1 aromatic heterocycles. The molecule has 0 N–H and O–H groups in total. The predicted octanol–water partition coefficient (Wildman–Crippen LogP) is 4.63. The molecule has 2 heterocycles. The number of amides is 2. The Morgan fingerprint density at radius 3 is 2.30 bits per heavy atom. The van der Waals surface area contributed by atoms with Gasteiger partial charge in [0.25, 0.3) is 5.91 Å². The third-order valence-corrected chi connectivity index (χ3v) is 6.80. The first-order valence-electron chi connectivity index (χ1n) is 10.9. The smallest absolute Gasteiger partial charge is 0.254 e. The van der Waals surface area contributed by atoms with E-state index in [0.29, 0.717) is 41.8 Å². The molecule has 0 spiro atoms. The molecule has 8 heteroatoms. The summed E-state index contributed by atoms with van der Waals surface area (Å²) >= 11 is 12.3. The standard InChI is InChI=1S/C25H26Cl2N4O2/c1-16-7-8-21(14-23(16)27)31-18(3)22(17(2)28-31)15-24(32)29-9-11-30(12-10-29)25(33)19-5-4-6-20(26)13-19/h4-8,13-14H,9-12,15H2,1-3H3. The monoisotopic (exact) mass is 484 g/mol. The number of nitrogens with zero attached hydrogens (tertiary/aromatic N) is 4. The third kappa shape index (κ3) is 4.92. The molecule has 0 unspecified atom stereocenters. The third-order valence-electron chi connectivity index (χ3n) is 6.16. The Kier molecular flexibility index (Phi) is 6.77. The van der Waals surface area contributed by atoms with Gasteiger partial charge in [0.05, 0.1) is 17.8 Å². The van der Waals surface area contributed by atoms with Crippen LogP contribution in [0.2, 0.25) is 10.0 Å². The molecule has 0 atom stereocenters. The van der Waals surface area contributed by atoms with E-state index in [9.17, 15) is 9.59 Å². The average Bonchev–Trinajstić information content (AvgIpc) is 3.08. The number of aryl methyl sites for hydroxylation is 2. The maximum absolute atomic E-state index is 13.1. The van der Waals surface area contributed by atoms with Crippen molar-refractivity contribution in [1.29, 1.82) is 0 Å². The van der Waals surface area contributed by atoms with Crippen LogP contribution in [0.5, 0.6) is 0 Å². The average molecular weight is 485 g/mol. The van der Waals surface area contributed by atoms with E-state index in [1.807, 2.05) is 48.6 Å². The summed E-state index contributed by atoms with van der Waals surface area (Å²) in [6.07, 6.45) is 0.277. The lowest BCUT2D eigenvalue weighted by Gasteiger charge is -2.35. The van der Waals surface area contributed by atoms with Crippen LogP contribution >= 0.6 is 23.2 Å². The minimum absolute atomic E-state index is 0.0394. The molecule has 4 rings (SSSR count). The topological polar surface area (TPSA) is 58.4 Å². The Morgan fingerprint density at radius 1 is 0.939 bits per heavy atom. The van der Waals surface area contributed by atoms with E-state index in [0.717, 1.165) is 28.2 Å². The molecule has 1 aliphatic heterocycles. The van der Waals surface area contributed by atoms with Crippen LogP contribution < -0.4 is 0 Å². The number of benzene rings is 2. The Hall–Kier alpha value is -2.83. The van der Waals surface area contributed by atoms with Crippen molar-refractivity contribution in [2.45, 2.75) is 27.2 Å². The minimum atomic E-state index is -0.0608. The number of carbonyl (C=O) groups is 2. The van der Waals surface area contributed by atoms with Gasteiger partial charge in [0.15, 0.2) is 0 Å². The van der Waals surface area contributed by atoms with Crippen LogP contribution in [0.25, 0.3) is 5.69 Å². The van der Waals surface area contributed by atoms with Gasteiger partial charge in [-0.05, 0) is 56.7 Å². The molecule has 172 valence electrons. The number of hydrogen-bond donors (Lipinski definition) is 0. The Morgan fingerprint density at radius 2 is 1.64 bits per heavy atom. The van der Waals surface area contributed by atoms with Crippen molar-refractivity contribution in [3.63, 3.8) is 0 Å². The fraction of sp³-hybridized carbons (Fsp3) is 0.320. The summed E-state index contributed by atoms with van der Waals surface area (Å²) in [6, 6.07) is 12.8. The van der Waals surface area contributed by atoms with Crippen molar-refractivity contribution >= 4 is 35.0 Å². The lowest BCUT2D eigenvalue weighted by Crippen LogP contribution is -2.51. The van der Waals surface area contributed by atoms with Gasteiger partial charge in [-0.1, -0.05) is 35.3 Å². The molecule has 2 amide bonds. The van der Waals surface area contributed by atoms with Gasteiger partial charge >= 0.3 is 0 Å². The van der Waals surface area contributed by atoms with Crippen LogP contribution in [-0.2, 0) is 11.2 Å². The molecule has 1 saturated heterocycles. The zero-order valence-corrected chi connectivity index (χ0v) is 20.5. The predicted molar refractivity (Wildman–Crippen MR) is 130 cm³/mol. The van der Waals surface area contributed by atoms with Crippen LogP contribution in [0.4, 0.5) is 0 Å². The van der Waals surface area contributed by atoms with Crippen LogP contribution in [0.1, 0.15) is 32.9 Å². The maximum Gasteiger partial charge on any atom is 0.254 e. The molecule has 0 saturated carbocycles. The molecule has 0 aliphatic carbocycles. The van der Waals surface area contributed by atoms with Gasteiger partial charge < -0.3 is 9.80 Å². The largest absolute Gasteiger partial charge is 0.339 e. The van der Waals surface area contributed by atoms with Crippen molar-refractivity contribution < 1.29 is 9.59 Å². The van der Waals surface area contributed by atoms with Gasteiger partial charge in [-0.25, -0.2) is 4.68 Å². The Balaban J connectivity index is 1.42. The number of piperazine rings is 1. The second-order valence-corrected chi connectivity index (χ2v) is 9.20. The molecule has 1 fully saturated rings. The van der Waals surface area contributed by atoms with Crippen molar-refractivity contribution in [2.24, 2.45) is 0 Å². The van der Waals surface area contributed by atoms with Gasteiger partial charge in [0.1, 0.15) is 0 Å². The summed E-state index contributed by atoms with van der Waals surface area (Å²) in [5.74, 6) is -0.0214. The van der Waals surface area contributed by atoms with Gasteiger partial charge in [-0.15, -0.1) is 0 Å². The van der Waals surface area contributed by atoms with Crippen molar-refractivity contribution in [1.82, 2.24) is 19.6 Å². The van der Waals surface area contributed by atoms with Gasteiger partial charge in [-0.2, -0.15) is 5.10 Å². The Labute approximate surface area is 203 Å². The number of carbonyl (C=O) groups excluding carboxylic acids is 2. The van der Waals surface area contributed by atoms with E-state index in [1.165, 1.54) is 0 Å². The summed E-state index contributed by atoms with van der Waals surface area (Å²) < 4.78 is 1.84. The molecular formula is C25H26Cl2N4O2. The van der Waals surface area contributed by atoms with Crippen LogP contribution in [-0.4, -0.2) is 57.6 Å². The highest BCUT2D eigenvalue weighted by atomic mass is 35.5. The molecule has 3 aromatic rings. The molecule has 2 aromatic carbocycles. The van der Waals surface area contributed by atoms with Crippen LogP contribution in [0.15, 0.2) is 42.5 Å². The summed E-state index contributed by atoms with van der Waals surface area (Å²) in [6.45, 7) is 7.85. The number of rotatable bonds is 4. The second-order valence-electron chi connectivity index (χ2n) is 8.35. The zero-order chi connectivity index (χ0) is 23.7. The number of aromatic nitrogens is 2. The van der Waals surface area contributed by atoms with E-state index >= 15 is 0 Å². The van der Waals surface area contributed by atoms with Crippen LogP contribution in [0, 0.1) is 20.8 Å². The first-order valence-corrected chi connectivity index (χ1v) is 11.6. The summed E-state index contributed by atoms with van der Waals surface area (Å²) in [4.78, 5) is 29.4. The first kappa shape index (κ1) is 23.3. The number of halogens is 2.